The predicted octanol–water partition coefficient (Wildman–Crippen LogP) is 3.38. The van der Waals surface area contributed by atoms with E-state index in [1.165, 1.54) is 29.9 Å². The summed E-state index contributed by atoms with van der Waals surface area (Å²) in [6.07, 6.45) is 3.65. The molecule has 3 nitrogen and oxygen atoms in total. The Balaban J connectivity index is 1.89. The lowest BCUT2D eigenvalue weighted by Gasteiger charge is -2.33. The van der Waals surface area contributed by atoms with E-state index in [2.05, 4.69) is 66.8 Å². The van der Waals surface area contributed by atoms with E-state index in [4.69, 9.17) is 4.98 Å². The average molecular weight is 303 g/mol. The molecule has 1 fully saturated rings. The highest BCUT2D eigenvalue weighted by molar-refractivity contribution is 8.00. The van der Waals surface area contributed by atoms with Crippen molar-refractivity contribution in [2.45, 2.75) is 43.9 Å². The Kier molecular flexibility index (Phi) is 4.27. The van der Waals surface area contributed by atoms with Crippen LogP contribution in [0.5, 0.6) is 0 Å². The smallest absolute Gasteiger partial charge is 0.111 e. The summed E-state index contributed by atoms with van der Waals surface area (Å²) in [6.45, 7) is 5.64. The van der Waals surface area contributed by atoms with Crippen molar-refractivity contribution < 1.29 is 0 Å². The number of nitrogens with zero attached hydrogens (tertiary/aromatic N) is 2. The SMILES string of the molecule is CCNC(Cc1nc2ccccc2n1C)C1(C)CCCS1. The number of likely N-dealkylation sites (N-methyl/N-ethyl adjacent to an activating group) is 1. The first-order valence-electron chi connectivity index (χ1n) is 7.92. The minimum Gasteiger partial charge on any atom is -0.331 e. The van der Waals surface area contributed by atoms with Crippen LogP contribution in [0, 0.1) is 0 Å². The number of hydrogen-bond donors (Lipinski definition) is 1. The minimum absolute atomic E-state index is 0.341. The third kappa shape index (κ3) is 2.84. The molecule has 1 aromatic heterocycles. The van der Waals surface area contributed by atoms with E-state index < -0.39 is 0 Å². The number of fused-ring (bicyclic) bond motifs is 1. The first kappa shape index (κ1) is 14.9. The molecule has 2 heterocycles. The molecule has 0 aliphatic carbocycles. The summed E-state index contributed by atoms with van der Waals surface area (Å²) in [6, 6.07) is 8.90. The minimum atomic E-state index is 0.341. The van der Waals surface area contributed by atoms with Gasteiger partial charge in [0.05, 0.1) is 11.0 Å². The molecule has 1 aliphatic heterocycles. The van der Waals surface area contributed by atoms with Gasteiger partial charge in [0.15, 0.2) is 0 Å². The molecule has 2 atom stereocenters. The Labute approximate surface area is 131 Å². The van der Waals surface area contributed by atoms with E-state index in [-0.39, 0.29) is 0 Å². The molecule has 0 saturated carbocycles. The number of para-hydroxylation sites is 2. The van der Waals surface area contributed by atoms with Crippen LogP contribution in [-0.4, -0.2) is 32.6 Å². The van der Waals surface area contributed by atoms with Gasteiger partial charge in [0, 0.05) is 24.3 Å². The summed E-state index contributed by atoms with van der Waals surface area (Å²) >= 11 is 2.13. The van der Waals surface area contributed by atoms with Crippen molar-refractivity contribution in [2.24, 2.45) is 7.05 Å². The van der Waals surface area contributed by atoms with Gasteiger partial charge < -0.3 is 9.88 Å². The maximum absolute atomic E-state index is 4.85. The van der Waals surface area contributed by atoms with Crippen LogP contribution in [0.1, 0.15) is 32.5 Å². The lowest BCUT2D eigenvalue weighted by atomic mass is 9.93. The number of aromatic nitrogens is 2. The Morgan fingerprint density at radius 1 is 1.43 bits per heavy atom. The third-order valence-corrected chi connectivity index (χ3v) is 6.34. The van der Waals surface area contributed by atoms with Crippen LogP contribution in [0.15, 0.2) is 24.3 Å². The third-order valence-electron chi connectivity index (χ3n) is 4.70. The summed E-state index contributed by atoms with van der Waals surface area (Å²) in [4.78, 5) is 4.85. The van der Waals surface area contributed by atoms with Crippen molar-refractivity contribution in [3.8, 4) is 0 Å². The summed E-state index contributed by atoms with van der Waals surface area (Å²) in [5.41, 5.74) is 2.33. The van der Waals surface area contributed by atoms with Gasteiger partial charge in [-0.05, 0) is 44.2 Å². The molecule has 0 spiro atoms. The average Bonchev–Trinajstić information content (AvgIpc) is 3.05. The molecule has 21 heavy (non-hydrogen) atoms. The van der Waals surface area contributed by atoms with E-state index in [1.807, 2.05) is 0 Å². The second-order valence-corrected chi connectivity index (χ2v) is 7.78. The molecule has 1 N–H and O–H groups in total. The van der Waals surface area contributed by atoms with Crippen LogP contribution in [0.2, 0.25) is 0 Å². The summed E-state index contributed by atoms with van der Waals surface area (Å²) < 4.78 is 2.59. The zero-order valence-electron chi connectivity index (χ0n) is 13.2. The molecular formula is C17H25N3S. The van der Waals surface area contributed by atoms with Crippen molar-refractivity contribution in [3.63, 3.8) is 0 Å². The highest BCUT2D eigenvalue weighted by Gasteiger charge is 2.38. The first-order valence-corrected chi connectivity index (χ1v) is 8.90. The Hall–Kier alpha value is -1.000. The fourth-order valence-electron chi connectivity index (χ4n) is 3.39. The van der Waals surface area contributed by atoms with Gasteiger partial charge >= 0.3 is 0 Å². The van der Waals surface area contributed by atoms with E-state index in [1.54, 1.807) is 0 Å². The van der Waals surface area contributed by atoms with Crippen molar-refractivity contribution in [1.82, 2.24) is 14.9 Å². The van der Waals surface area contributed by atoms with Crippen molar-refractivity contribution in [3.05, 3.63) is 30.1 Å². The Morgan fingerprint density at radius 3 is 2.90 bits per heavy atom. The molecule has 0 bridgehead atoms. The largest absolute Gasteiger partial charge is 0.331 e. The molecule has 1 saturated heterocycles. The lowest BCUT2D eigenvalue weighted by molar-refractivity contribution is 0.398. The van der Waals surface area contributed by atoms with Gasteiger partial charge in [0.1, 0.15) is 5.82 Å². The highest BCUT2D eigenvalue weighted by atomic mass is 32.2. The molecule has 0 amide bonds. The van der Waals surface area contributed by atoms with Gasteiger partial charge in [0.25, 0.3) is 0 Å². The van der Waals surface area contributed by atoms with Crippen LogP contribution in [0.3, 0.4) is 0 Å². The van der Waals surface area contributed by atoms with Gasteiger partial charge in [-0.15, -0.1) is 0 Å². The zero-order chi connectivity index (χ0) is 14.9. The first-order chi connectivity index (χ1) is 10.1. The van der Waals surface area contributed by atoms with E-state index in [0.29, 0.717) is 10.8 Å². The maximum Gasteiger partial charge on any atom is 0.111 e. The summed E-state index contributed by atoms with van der Waals surface area (Å²) in [7, 11) is 2.14. The summed E-state index contributed by atoms with van der Waals surface area (Å²) in [5, 5.41) is 3.71. The predicted molar refractivity (Wildman–Crippen MR) is 92.0 cm³/mol. The highest BCUT2D eigenvalue weighted by Crippen LogP contribution is 2.41. The fraction of sp³-hybridized carbons (Fsp3) is 0.588. The van der Waals surface area contributed by atoms with Crippen LogP contribution in [0.4, 0.5) is 0 Å². The second-order valence-electron chi connectivity index (χ2n) is 6.15. The van der Waals surface area contributed by atoms with E-state index in [0.717, 1.165) is 18.5 Å². The lowest BCUT2D eigenvalue weighted by Crippen LogP contribution is -2.47. The van der Waals surface area contributed by atoms with Gasteiger partial charge in [0.2, 0.25) is 0 Å². The summed E-state index contributed by atoms with van der Waals surface area (Å²) in [5.74, 6) is 2.48. The van der Waals surface area contributed by atoms with Gasteiger partial charge in [-0.25, -0.2) is 4.98 Å². The van der Waals surface area contributed by atoms with E-state index in [9.17, 15) is 0 Å². The van der Waals surface area contributed by atoms with Crippen molar-refractivity contribution >= 4 is 22.8 Å². The second kappa shape index (κ2) is 6.01. The Bertz CT molecular complexity index is 614. The molecule has 1 aliphatic rings. The molecule has 3 rings (SSSR count). The zero-order valence-corrected chi connectivity index (χ0v) is 14.0. The maximum atomic E-state index is 4.85. The van der Waals surface area contributed by atoms with Crippen LogP contribution in [0.25, 0.3) is 11.0 Å². The van der Waals surface area contributed by atoms with Crippen molar-refractivity contribution in [1.29, 1.82) is 0 Å². The van der Waals surface area contributed by atoms with Crippen LogP contribution < -0.4 is 5.32 Å². The standard InChI is InChI=1S/C17H25N3S/c1-4-18-15(17(2)10-7-11-21-17)12-16-19-13-8-5-6-9-14(13)20(16)3/h5-6,8-9,15,18H,4,7,10-12H2,1-3H3. The normalized spacial score (nSPS) is 23.8. The Morgan fingerprint density at radius 2 is 2.24 bits per heavy atom. The molecule has 0 radical (unpaired) electrons. The number of benzene rings is 1. The van der Waals surface area contributed by atoms with Crippen molar-refractivity contribution in [2.75, 3.05) is 12.3 Å². The molecule has 2 aromatic rings. The van der Waals surface area contributed by atoms with E-state index >= 15 is 0 Å². The number of aryl methyl sites for hydroxylation is 1. The number of thioether (sulfide) groups is 1. The molecule has 1 aromatic carbocycles. The molecule has 114 valence electrons. The number of nitrogens with one attached hydrogen (secondary N) is 1. The van der Waals surface area contributed by atoms with Gasteiger partial charge in [-0.2, -0.15) is 11.8 Å². The fourth-order valence-corrected chi connectivity index (χ4v) is 4.80. The monoisotopic (exact) mass is 303 g/mol. The quantitative estimate of drug-likeness (QED) is 0.918. The topological polar surface area (TPSA) is 29.9 Å². The number of rotatable bonds is 5. The number of imidazole rings is 1. The van der Waals surface area contributed by atoms with Crippen LogP contribution in [-0.2, 0) is 13.5 Å². The van der Waals surface area contributed by atoms with Gasteiger partial charge in [-0.3, -0.25) is 0 Å². The van der Waals surface area contributed by atoms with Gasteiger partial charge in [-0.1, -0.05) is 19.1 Å². The van der Waals surface area contributed by atoms with Crippen LogP contribution >= 0.6 is 11.8 Å². The molecule has 2 unspecified atom stereocenters. The number of hydrogen-bond acceptors (Lipinski definition) is 3. The molecule has 4 heteroatoms. The molecular weight excluding hydrogens is 278 g/mol.